The Morgan fingerprint density at radius 1 is 1.12 bits per heavy atom. The Kier molecular flexibility index (Phi) is 9.11. The molecule has 2 aliphatic heterocycles. The number of likely N-dealkylation sites (tertiary alicyclic amines) is 2. The van der Waals surface area contributed by atoms with Crippen LogP contribution >= 0.6 is 11.3 Å². The molecule has 1 aliphatic carbocycles. The number of likely N-dealkylation sites (N-methyl/N-ethyl adjacent to an activating group) is 1. The molecule has 1 aromatic rings. The first-order valence-corrected chi connectivity index (χ1v) is 12.8. The smallest absolute Gasteiger partial charge is 0.290 e. The van der Waals surface area contributed by atoms with Gasteiger partial charge >= 0.3 is 0 Å². The van der Waals surface area contributed by atoms with E-state index in [4.69, 9.17) is 9.90 Å². The van der Waals surface area contributed by atoms with Crippen LogP contribution in [0.25, 0.3) is 0 Å². The van der Waals surface area contributed by atoms with Crippen LogP contribution in [0.1, 0.15) is 66.2 Å². The van der Waals surface area contributed by atoms with Crippen molar-refractivity contribution in [3.8, 4) is 0 Å². The van der Waals surface area contributed by atoms with Gasteiger partial charge in [0.1, 0.15) is 0 Å². The third-order valence-corrected chi connectivity index (χ3v) is 8.09. The van der Waals surface area contributed by atoms with Gasteiger partial charge in [0.15, 0.2) is 0 Å². The van der Waals surface area contributed by atoms with Crippen molar-refractivity contribution < 1.29 is 19.5 Å². The van der Waals surface area contributed by atoms with Crippen molar-refractivity contribution in [3.05, 3.63) is 21.4 Å². The Hall–Kier alpha value is -1.93. The predicted octanol–water partition coefficient (Wildman–Crippen LogP) is 3.03. The van der Waals surface area contributed by atoms with Gasteiger partial charge in [-0.3, -0.25) is 14.4 Å². The molecular weight excluding hydrogens is 426 g/mol. The fourth-order valence-corrected chi connectivity index (χ4v) is 6.24. The van der Waals surface area contributed by atoms with Crippen molar-refractivity contribution in [2.75, 3.05) is 33.2 Å². The molecule has 4 rings (SSSR count). The lowest BCUT2D eigenvalue weighted by Crippen LogP contribution is -2.44. The molecule has 1 aromatic heterocycles. The van der Waals surface area contributed by atoms with Crippen LogP contribution in [0, 0.1) is 11.8 Å². The summed E-state index contributed by atoms with van der Waals surface area (Å²) in [6.07, 6.45) is 8.57. The third-order valence-electron chi connectivity index (χ3n) is 7.02. The lowest BCUT2D eigenvalue weighted by Gasteiger charge is -2.33. The minimum atomic E-state index is -0.250. The summed E-state index contributed by atoms with van der Waals surface area (Å²) in [5.41, 5.74) is 2.67. The van der Waals surface area contributed by atoms with E-state index in [0.717, 1.165) is 75.5 Å². The van der Waals surface area contributed by atoms with Crippen molar-refractivity contribution in [1.29, 1.82) is 0 Å². The van der Waals surface area contributed by atoms with Crippen LogP contribution in [0.4, 0.5) is 0 Å². The van der Waals surface area contributed by atoms with Crippen molar-refractivity contribution in [1.82, 2.24) is 15.1 Å². The van der Waals surface area contributed by atoms with Crippen molar-refractivity contribution in [2.45, 2.75) is 64.3 Å². The molecule has 0 bridgehead atoms. The summed E-state index contributed by atoms with van der Waals surface area (Å²) in [6.45, 7) is 5.46. The van der Waals surface area contributed by atoms with Crippen LogP contribution < -0.4 is 5.32 Å². The number of rotatable bonds is 3. The van der Waals surface area contributed by atoms with E-state index in [0.29, 0.717) is 5.91 Å². The van der Waals surface area contributed by atoms with Gasteiger partial charge in [-0.15, -0.1) is 11.3 Å². The van der Waals surface area contributed by atoms with E-state index in [-0.39, 0.29) is 24.3 Å². The van der Waals surface area contributed by atoms with Gasteiger partial charge < -0.3 is 20.2 Å². The van der Waals surface area contributed by atoms with E-state index in [9.17, 15) is 9.59 Å². The number of carboxylic acid groups (broad SMARTS) is 1. The Morgan fingerprint density at radius 3 is 2.53 bits per heavy atom. The van der Waals surface area contributed by atoms with Crippen molar-refractivity contribution in [3.63, 3.8) is 0 Å². The zero-order valence-corrected chi connectivity index (χ0v) is 20.2. The summed E-state index contributed by atoms with van der Waals surface area (Å²) in [6, 6.07) is 0.119. The van der Waals surface area contributed by atoms with Crippen LogP contribution in [0.2, 0.25) is 0 Å². The average molecular weight is 464 g/mol. The summed E-state index contributed by atoms with van der Waals surface area (Å²) in [7, 11) is 2.08. The number of aryl methyl sites for hydroxylation is 1. The number of carbonyl (C=O) groups excluding carboxylic acids is 2. The lowest BCUT2D eigenvalue weighted by molar-refractivity contribution is -0.137. The summed E-state index contributed by atoms with van der Waals surface area (Å²) in [5, 5.41) is 12.4. The van der Waals surface area contributed by atoms with E-state index < -0.39 is 0 Å². The van der Waals surface area contributed by atoms with Gasteiger partial charge in [-0.1, -0.05) is 6.92 Å². The summed E-state index contributed by atoms with van der Waals surface area (Å²) in [5.74, 6) is 1.21. The second kappa shape index (κ2) is 11.8. The summed E-state index contributed by atoms with van der Waals surface area (Å²) >= 11 is 1.61. The van der Waals surface area contributed by atoms with Gasteiger partial charge in [0.25, 0.3) is 12.4 Å². The first kappa shape index (κ1) is 24.7. The molecule has 2 N–H and O–H groups in total. The largest absolute Gasteiger partial charge is 0.483 e. The Bertz CT molecular complexity index is 788. The molecule has 0 radical (unpaired) electrons. The maximum atomic E-state index is 13.0. The molecule has 2 atom stereocenters. The molecule has 32 heavy (non-hydrogen) atoms. The predicted molar refractivity (Wildman–Crippen MR) is 126 cm³/mol. The minimum Gasteiger partial charge on any atom is -0.483 e. The van der Waals surface area contributed by atoms with Crippen LogP contribution in [0.5, 0.6) is 0 Å². The van der Waals surface area contributed by atoms with Crippen LogP contribution in [0.15, 0.2) is 5.38 Å². The van der Waals surface area contributed by atoms with Gasteiger partial charge in [-0.05, 0) is 80.8 Å². The lowest BCUT2D eigenvalue weighted by atomic mass is 9.93. The van der Waals surface area contributed by atoms with E-state index >= 15 is 0 Å². The molecule has 0 saturated carbocycles. The fraction of sp³-hybridized carbons (Fsp3) is 0.708. The zero-order chi connectivity index (χ0) is 23.1. The number of hydrogen-bond acceptors (Lipinski definition) is 5. The number of piperidine rings is 1. The molecule has 2 amide bonds. The second-order valence-electron chi connectivity index (χ2n) is 9.55. The second-order valence-corrected chi connectivity index (χ2v) is 10.4. The number of nitrogens with one attached hydrogen (secondary N) is 1. The molecule has 3 aliphatic rings. The first-order chi connectivity index (χ1) is 15.4. The minimum absolute atomic E-state index is 0.0600. The molecule has 178 valence electrons. The maximum Gasteiger partial charge on any atom is 0.290 e. The highest BCUT2D eigenvalue weighted by atomic mass is 32.1. The monoisotopic (exact) mass is 463 g/mol. The zero-order valence-electron chi connectivity index (χ0n) is 19.3. The fourth-order valence-electron chi connectivity index (χ4n) is 5.18. The van der Waals surface area contributed by atoms with E-state index in [1.807, 2.05) is 0 Å². The normalized spacial score (nSPS) is 24.5. The highest BCUT2D eigenvalue weighted by Crippen LogP contribution is 2.30. The quantitative estimate of drug-likeness (QED) is 0.673. The number of carbonyl (C=O) groups is 3. The molecule has 0 aromatic carbocycles. The molecular formula is C24H37N3O4S. The summed E-state index contributed by atoms with van der Waals surface area (Å²) in [4.78, 5) is 39.6. The van der Waals surface area contributed by atoms with Gasteiger partial charge in [0.2, 0.25) is 5.91 Å². The molecule has 2 saturated heterocycles. The van der Waals surface area contributed by atoms with Gasteiger partial charge in [0, 0.05) is 32.2 Å². The van der Waals surface area contributed by atoms with Crippen LogP contribution in [-0.2, 0) is 22.4 Å². The number of hydrogen-bond donors (Lipinski definition) is 2. The number of amides is 2. The van der Waals surface area contributed by atoms with Crippen LogP contribution in [-0.4, -0.2) is 72.5 Å². The standard InChI is InChI=1S/C23H35N3O2S.CH2O2/c1-16-9-11-26(12-10-16)23(28)17-7-8-19(14-25(2)13-17)24-22(27)21-20-6-4-3-5-18(20)15-29-21;2-1-3/h15-17,19H,3-14H2,1-2H3,(H,24,27);1H,(H,2,3)/t17-,19+;/m1./s1. The third kappa shape index (κ3) is 6.32. The maximum absolute atomic E-state index is 13.0. The van der Waals surface area contributed by atoms with Crippen molar-refractivity contribution in [2.24, 2.45) is 11.8 Å². The molecule has 7 nitrogen and oxygen atoms in total. The van der Waals surface area contributed by atoms with Gasteiger partial charge in [0.05, 0.1) is 10.8 Å². The Morgan fingerprint density at radius 2 is 1.81 bits per heavy atom. The molecule has 8 heteroatoms. The summed E-state index contributed by atoms with van der Waals surface area (Å²) < 4.78 is 0. The van der Waals surface area contributed by atoms with Gasteiger partial charge in [-0.25, -0.2) is 0 Å². The number of thiophene rings is 1. The molecule has 3 heterocycles. The Labute approximate surface area is 195 Å². The van der Waals surface area contributed by atoms with E-state index in [1.54, 1.807) is 11.3 Å². The highest BCUT2D eigenvalue weighted by Gasteiger charge is 2.32. The first-order valence-electron chi connectivity index (χ1n) is 11.9. The van der Waals surface area contributed by atoms with Crippen LogP contribution in [0.3, 0.4) is 0 Å². The number of fused-ring (bicyclic) bond motifs is 1. The average Bonchev–Trinajstić information content (AvgIpc) is 3.12. The van der Waals surface area contributed by atoms with E-state index in [1.165, 1.54) is 24.0 Å². The van der Waals surface area contributed by atoms with Crippen molar-refractivity contribution >= 4 is 29.6 Å². The molecule has 0 unspecified atom stereocenters. The van der Waals surface area contributed by atoms with Gasteiger partial charge in [-0.2, -0.15) is 0 Å². The highest BCUT2D eigenvalue weighted by molar-refractivity contribution is 7.12. The molecule has 2 fully saturated rings. The SMILES string of the molecule is CC1CCN(C(=O)[C@@H]2CC[C@H](NC(=O)c3scc4c3CCCC4)CN(C)C2)CC1.O=CO. The molecule has 0 spiro atoms. The Balaban J connectivity index is 0.000000913. The topological polar surface area (TPSA) is 90.0 Å². The number of nitrogens with zero attached hydrogens (tertiary/aromatic N) is 2. The van der Waals surface area contributed by atoms with E-state index in [2.05, 4.69) is 34.5 Å².